The molecule has 1 atom stereocenters. The number of nitrogens with zero attached hydrogens (tertiary/aromatic N) is 3. The van der Waals surface area contributed by atoms with Gasteiger partial charge in [0, 0.05) is 23.4 Å². The minimum Gasteiger partial charge on any atom is -0.388 e. The van der Waals surface area contributed by atoms with Crippen molar-refractivity contribution in [1.82, 2.24) is 9.78 Å². The molecule has 0 fully saturated rings. The van der Waals surface area contributed by atoms with Crippen molar-refractivity contribution >= 4 is 5.69 Å². The first kappa shape index (κ1) is 15.2. The van der Waals surface area contributed by atoms with Gasteiger partial charge in [-0.2, -0.15) is 5.10 Å². The molecular weight excluding hydrogens is 270 g/mol. The molecule has 0 saturated heterocycles. The highest BCUT2D eigenvalue weighted by Gasteiger charge is 2.18. The number of aromatic nitrogens is 2. The van der Waals surface area contributed by atoms with Crippen molar-refractivity contribution in [2.45, 2.75) is 39.8 Å². The lowest BCUT2D eigenvalue weighted by Crippen LogP contribution is -2.05. The number of rotatable bonds is 5. The molecular formula is C15H19N3O3. The van der Waals surface area contributed by atoms with E-state index in [-0.39, 0.29) is 5.69 Å². The molecule has 0 spiro atoms. The molecule has 0 aliphatic rings. The number of benzene rings is 1. The van der Waals surface area contributed by atoms with Gasteiger partial charge in [0.2, 0.25) is 0 Å². The molecule has 0 aliphatic heterocycles. The number of aliphatic hydroxyl groups is 1. The third-order valence-corrected chi connectivity index (χ3v) is 3.61. The largest absolute Gasteiger partial charge is 0.388 e. The summed E-state index contributed by atoms with van der Waals surface area (Å²) in [7, 11) is 0. The lowest BCUT2D eigenvalue weighted by atomic mass is 10.1. The summed E-state index contributed by atoms with van der Waals surface area (Å²) in [5.41, 5.74) is 3.43. The van der Waals surface area contributed by atoms with Gasteiger partial charge in [-0.3, -0.25) is 14.8 Å². The summed E-state index contributed by atoms with van der Waals surface area (Å²) in [6.07, 6.45) is 0.105. The number of aryl methyl sites for hydroxylation is 1. The van der Waals surface area contributed by atoms with Gasteiger partial charge in [0.15, 0.2) is 0 Å². The number of nitro benzene ring substituents is 1. The Labute approximate surface area is 123 Å². The minimum absolute atomic E-state index is 0.0721. The summed E-state index contributed by atoms with van der Waals surface area (Å²) < 4.78 is 1.78. The fraction of sp³-hybridized carbons (Fsp3) is 0.400. The molecule has 1 aromatic heterocycles. The van der Waals surface area contributed by atoms with E-state index in [4.69, 9.17) is 0 Å². The monoisotopic (exact) mass is 289 g/mol. The second-order valence-corrected chi connectivity index (χ2v) is 5.09. The molecule has 0 amide bonds. The second-order valence-electron chi connectivity index (χ2n) is 5.09. The van der Waals surface area contributed by atoms with Crippen LogP contribution < -0.4 is 0 Å². The topological polar surface area (TPSA) is 81.2 Å². The van der Waals surface area contributed by atoms with Crippen LogP contribution in [0.2, 0.25) is 0 Å². The standard InChI is InChI=1S/C15H19N3O3/c1-4-14(19)15-10(2)16-17(11(15)3)9-12-6-5-7-13(8-12)18(20)21/h5-8,14,19H,4,9H2,1-3H3. The highest BCUT2D eigenvalue weighted by Crippen LogP contribution is 2.24. The van der Waals surface area contributed by atoms with Crippen LogP contribution in [0.1, 0.15) is 42.0 Å². The molecule has 0 aliphatic carbocycles. The number of non-ortho nitro benzene ring substituents is 1. The quantitative estimate of drug-likeness (QED) is 0.678. The summed E-state index contributed by atoms with van der Waals surface area (Å²) in [6, 6.07) is 6.52. The van der Waals surface area contributed by atoms with Gasteiger partial charge < -0.3 is 5.11 Å². The molecule has 1 unspecified atom stereocenters. The highest BCUT2D eigenvalue weighted by atomic mass is 16.6. The van der Waals surface area contributed by atoms with E-state index in [0.29, 0.717) is 13.0 Å². The van der Waals surface area contributed by atoms with E-state index in [1.807, 2.05) is 26.8 Å². The summed E-state index contributed by atoms with van der Waals surface area (Å²) in [5, 5.41) is 25.3. The Morgan fingerprint density at radius 1 is 1.43 bits per heavy atom. The average Bonchev–Trinajstić information content (AvgIpc) is 2.73. The fourth-order valence-electron chi connectivity index (χ4n) is 2.49. The molecule has 1 N–H and O–H groups in total. The minimum atomic E-state index is -0.524. The van der Waals surface area contributed by atoms with Crippen LogP contribution >= 0.6 is 0 Å². The molecule has 6 nitrogen and oxygen atoms in total. The van der Waals surface area contributed by atoms with Crippen LogP contribution in [0.15, 0.2) is 24.3 Å². The average molecular weight is 289 g/mol. The first-order valence-electron chi connectivity index (χ1n) is 6.89. The molecule has 21 heavy (non-hydrogen) atoms. The molecule has 0 radical (unpaired) electrons. The summed E-state index contributed by atoms with van der Waals surface area (Å²) >= 11 is 0. The second kappa shape index (κ2) is 6.05. The summed E-state index contributed by atoms with van der Waals surface area (Å²) in [4.78, 5) is 10.4. The zero-order valence-electron chi connectivity index (χ0n) is 12.4. The van der Waals surface area contributed by atoms with E-state index < -0.39 is 11.0 Å². The zero-order chi connectivity index (χ0) is 15.6. The third-order valence-electron chi connectivity index (χ3n) is 3.61. The van der Waals surface area contributed by atoms with E-state index >= 15 is 0 Å². The Morgan fingerprint density at radius 3 is 2.76 bits per heavy atom. The fourth-order valence-corrected chi connectivity index (χ4v) is 2.49. The van der Waals surface area contributed by atoms with Crippen LogP contribution in [0, 0.1) is 24.0 Å². The van der Waals surface area contributed by atoms with Crippen molar-refractivity contribution in [2.75, 3.05) is 0 Å². The van der Waals surface area contributed by atoms with Gasteiger partial charge in [-0.15, -0.1) is 0 Å². The van der Waals surface area contributed by atoms with Crippen LogP contribution in [0.4, 0.5) is 5.69 Å². The van der Waals surface area contributed by atoms with Crippen molar-refractivity contribution in [3.8, 4) is 0 Å². The molecule has 1 aromatic carbocycles. The molecule has 112 valence electrons. The third kappa shape index (κ3) is 3.11. The van der Waals surface area contributed by atoms with Crippen molar-refractivity contribution in [3.63, 3.8) is 0 Å². The van der Waals surface area contributed by atoms with E-state index in [2.05, 4.69) is 5.10 Å². The predicted molar refractivity (Wildman–Crippen MR) is 79.2 cm³/mol. The van der Waals surface area contributed by atoms with Gasteiger partial charge in [-0.05, 0) is 25.8 Å². The van der Waals surface area contributed by atoms with Gasteiger partial charge in [0.1, 0.15) is 0 Å². The van der Waals surface area contributed by atoms with Gasteiger partial charge >= 0.3 is 0 Å². The van der Waals surface area contributed by atoms with Gasteiger partial charge in [-0.1, -0.05) is 19.1 Å². The first-order valence-corrected chi connectivity index (χ1v) is 6.89. The predicted octanol–water partition coefficient (Wildman–Crippen LogP) is 2.90. The van der Waals surface area contributed by atoms with Gasteiger partial charge in [-0.25, -0.2) is 0 Å². The molecule has 2 aromatic rings. The molecule has 2 rings (SSSR count). The molecule has 0 saturated carbocycles. The van der Waals surface area contributed by atoms with Crippen molar-refractivity contribution in [1.29, 1.82) is 0 Å². The number of hydrogen-bond acceptors (Lipinski definition) is 4. The maximum absolute atomic E-state index is 10.8. The van der Waals surface area contributed by atoms with E-state index in [9.17, 15) is 15.2 Å². The Morgan fingerprint density at radius 2 is 2.14 bits per heavy atom. The first-order chi connectivity index (χ1) is 9.93. The van der Waals surface area contributed by atoms with Crippen LogP contribution in [0.3, 0.4) is 0 Å². The Hall–Kier alpha value is -2.21. The maximum atomic E-state index is 10.8. The molecule has 0 bridgehead atoms. The smallest absolute Gasteiger partial charge is 0.269 e. The van der Waals surface area contributed by atoms with Gasteiger partial charge in [0.25, 0.3) is 5.69 Å². The molecule has 1 heterocycles. The Balaban J connectivity index is 2.32. The number of nitro groups is 1. The van der Waals surface area contributed by atoms with Crippen molar-refractivity contribution < 1.29 is 10.0 Å². The van der Waals surface area contributed by atoms with Crippen LogP contribution in [-0.4, -0.2) is 19.8 Å². The Kier molecular flexibility index (Phi) is 4.37. The Bertz CT molecular complexity index is 664. The van der Waals surface area contributed by atoms with Gasteiger partial charge in [0.05, 0.1) is 23.3 Å². The normalized spacial score (nSPS) is 12.4. The molecule has 6 heteroatoms. The summed E-state index contributed by atoms with van der Waals surface area (Å²) in [6.45, 7) is 6.14. The number of hydrogen-bond donors (Lipinski definition) is 1. The lowest BCUT2D eigenvalue weighted by molar-refractivity contribution is -0.384. The maximum Gasteiger partial charge on any atom is 0.269 e. The van der Waals surface area contributed by atoms with Crippen molar-refractivity contribution in [2.24, 2.45) is 0 Å². The highest BCUT2D eigenvalue weighted by molar-refractivity contribution is 5.35. The SMILES string of the molecule is CCC(O)c1c(C)nn(Cc2cccc([N+](=O)[O-])c2)c1C. The number of aliphatic hydroxyl groups excluding tert-OH is 1. The lowest BCUT2D eigenvalue weighted by Gasteiger charge is -2.09. The zero-order valence-corrected chi connectivity index (χ0v) is 12.4. The van der Waals surface area contributed by atoms with E-state index in [0.717, 1.165) is 22.5 Å². The van der Waals surface area contributed by atoms with E-state index in [1.54, 1.807) is 16.8 Å². The van der Waals surface area contributed by atoms with Crippen molar-refractivity contribution in [3.05, 3.63) is 56.9 Å². The van der Waals surface area contributed by atoms with Crippen LogP contribution in [0.5, 0.6) is 0 Å². The summed E-state index contributed by atoms with van der Waals surface area (Å²) in [5.74, 6) is 0. The van der Waals surface area contributed by atoms with E-state index in [1.165, 1.54) is 6.07 Å². The van der Waals surface area contributed by atoms with Crippen LogP contribution in [0.25, 0.3) is 0 Å². The van der Waals surface area contributed by atoms with Crippen LogP contribution in [-0.2, 0) is 6.54 Å².